The van der Waals surface area contributed by atoms with Crippen LogP contribution in [0.25, 0.3) is 0 Å². The Morgan fingerprint density at radius 1 is 0.864 bits per heavy atom. The molecule has 0 unspecified atom stereocenters. The van der Waals surface area contributed by atoms with Gasteiger partial charge in [0.15, 0.2) is 0 Å². The number of hydrogen-bond donors (Lipinski definition) is 5. The van der Waals surface area contributed by atoms with Crippen molar-refractivity contribution in [3.8, 4) is 0 Å². The van der Waals surface area contributed by atoms with Crippen LogP contribution < -0.4 is 0 Å². The first-order valence-electron chi connectivity index (χ1n) is 5.82. The molecule has 0 aliphatic rings. The van der Waals surface area contributed by atoms with Gasteiger partial charge >= 0.3 is 17.9 Å². The fourth-order valence-corrected chi connectivity index (χ4v) is 0.0707. The van der Waals surface area contributed by atoms with Gasteiger partial charge in [0.1, 0.15) is 0 Å². The number of aliphatic hydroxyl groups is 2. The highest BCUT2D eigenvalue weighted by Crippen LogP contribution is 1.81. The molecule has 0 aliphatic carbocycles. The molecule has 0 aromatic carbocycles. The number of carboxylic acids is 3. The molecule has 22 heavy (non-hydrogen) atoms. The maximum Gasteiger partial charge on any atom is 0.330 e. The first-order valence-corrected chi connectivity index (χ1v) is 5.82. The van der Waals surface area contributed by atoms with E-state index in [-0.39, 0.29) is 24.4 Å². The first kappa shape index (κ1) is 27.8. The summed E-state index contributed by atoms with van der Waals surface area (Å²) < 4.78 is 0. The fourth-order valence-electron chi connectivity index (χ4n) is 0.0707. The van der Waals surface area contributed by atoms with E-state index in [4.69, 9.17) is 25.5 Å². The third kappa shape index (κ3) is 52.7. The Bertz CT molecular complexity index is 321. The smallest absolute Gasteiger partial charge is 0.330 e. The summed E-state index contributed by atoms with van der Waals surface area (Å²) in [7, 11) is 0. The van der Waals surface area contributed by atoms with Crippen LogP contribution in [-0.4, -0.2) is 56.7 Å². The quantitative estimate of drug-likeness (QED) is 0.469. The molecular weight excluding hydrogens is 296 g/mol. The molecule has 0 aliphatic heterocycles. The van der Waals surface area contributed by atoms with Crippen LogP contribution in [-0.2, 0) is 14.4 Å². The van der Waals surface area contributed by atoms with Gasteiger partial charge in [-0.1, -0.05) is 19.7 Å². The lowest BCUT2D eigenvalue weighted by Crippen LogP contribution is -1.92. The standard InChI is InChI=1S/2C4H6O2.C3H4O2.C3H8O2/c2*1-3(2)4(5)6;1-2-3(4)5;4-2-1-3-5/h2*1H2,2H3,(H,5,6);2H,1H2,(H,4,5);4-5H,1-3H2. The monoisotopic (exact) mass is 320 g/mol. The van der Waals surface area contributed by atoms with Crippen molar-refractivity contribution >= 4 is 17.9 Å². The van der Waals surface area contributed by atoms with Crippen molar-refractivity contribution in [2.45, 2.75) is 20.3 Å². The van der Waals surface area contributed by atoms with Gasteiger partial charge in [-0.2, -0.15) is 0 Å². The molecule has 0 aromatic heterocycles. The van der Waals surface area contributed by atoms with E-state index in [9.17, 15) is 14.4 Å². The maximum atomic E-state index is 9.60. The zero-order chi connectivity index (χ0) is 18.7. The van der Waals surface area contributed by atoms with E-state index in [1.165, 1.54) is 13.8 Å². The second kappa shape index (κ2) is 20.9. The zero-order valence-electron chi connectivity index (χ0n) is 12.8. The van der Waals surface area contributed by atoms with Crippen molar-refractivity contribution in [3.63, 3.8) is 0 Å². The molecule has 0 atom stereocenters. The van der Waals surface area contributed by atoms with Gasteiger partial charge in [0.2, 0.25) is 0 Å². The van der Waals surface area contributed by atoms with Crippen LogP contribution in [0, 0.1) is 0 Å². The highest BCUT2D eigenvalue weighted by molar-refractivity contribution is 5.85. The van der Waals surface area contributed by atoms with Crippen LogP contribution in [0.2, 0.25) is 0 Å². The van der Waals surface area contributed by atoms with E-state index >= 15 is 0 Å². The van der Waals surface area contributed by atoms with Crippen LogP contribution in [0.4, 0.5) is 0 Å². The highest BCUT2D eigenvalue weighted by atomic mass is 16.4. The van der Waals surface area contributed by atoms with Crippen LogP contribution >= 0.6 is 0 Å². The van der Waals surface area contributed by atoms with Gasteiger partial charge in [0.25, 0.3) is 0 Å². The van der Waals surface area contributed by atoms with E-state index in [0.29, 0.717) is 6.42 Å². The number of rotatable bonds is 5. The molecule has 0 bridgehead atoms. The summed E-state index contributed by atoms with van der Waals surface area (Å²) in [6.45, 7) is 12.4. The van der Waals surface area contributed by atoms with Crippen LogP contribution in [0.3, 0.4) is 0 Å². The predicted molar refractivity (Wildman–Crippen MR) is 81.5 cm³/mol. The summed E-state index contributed by atoms with van der Waals surface area (Å²) in [4.78, 5) is 28.4. The number of aliphatic carboxylic acids is 3. The predicted octanol–water partition coefficient (Wildman–Crippen LogP) is 0.912. The third-order valence-electron chi connectivity index (χ3n) is 1.22. The van der Waals surface area contributed by atoms with E-state index in [2.05, 4.69) is 19.7 Å². The molecular formula is C14H24O8. The van der Waals surface area contributed by atoms with Crippen molar-refractivity contribution in [1.29, 1.82) is 0 Å². The molecule has 0 rings (SSSR count). The topological polar surface area (TPSA) is 152 Å². The van der Waals surface area contributed by atoms with E-state index in [1.54, 1.807) is 0 Å². The molecule has 0 heterocycles. The number of hydrogen-bond acceptors (Lipinski definition) is 5. The Balaban J connectivity index is -0.0000000986. The molecule has 0 spiro atoms. The summed E-state index contributed by atoms with van der Waals surface area (Å²) in [5, 5.41) is 39.2. The van der Waals surface area contributed by atoms with Crippen molar-refractivity contribution < 1.29 is 39.9 Å². The first-order chi connectivity index (χ1) is 9.97. The lowest BCUT2D eigenvalue weighted by Gasteiger charge is -1.79. The van der Waals surface area contributed by atoms with Gasteiger partial charge in [-0.25, -0.2) is 14.4 Å². The van der Waals surface area contributed by atoms with E-state index in [1.807, 2.05) is 0 Å². The Kier molecular flexibility index (Phi) is 26.4. The average Bonchev–Trinajstić information content (AvgIpc) is 2.41. The zero-order valence-corrected chi connectivity index (χ0v) is 12.8. The van der Waals surface area contributed by atoms with Crippen molar-refractivity contribution in [2.75, 3.05) is 13.2 Å². The van der Waals surface area contributed by atoms with Gasteiger partial charge in [-0.3, -0.25) is 0 Å². The van der Waals surface area contributed by atoms with Gasteiger partial charge in [-0.15, -0.1) is 0 Å². The lowest BCUT2D eigenvalue weighted by atomic mass is 10.4. The van der Waals surface area contributed by atoms with E-state index < -0.39 is 17.9 Å². The van der Waals surface area contributed by atoms with Crippen LogP contribution in [0.1, 0.15) is 20.3 Å². The second-order valence-corrected chi connectivity index (χ2v) is 3.51. The summed E-state index contributed by atoms with van der Waals surface area (Å²) in [5.74, 6) is -2.85. The molecule has 0 radical (unpaired) electrons. The molecule has 128 valence electrons. The molecule has 8 nitrogen and oxygen atoms in total. The molecule has 0 saturated heterocycles. The van der Waals surface area contributed by atoms with Crippen LogP contribution in [0.5, 0.6) is 0 Å². The number of carboxylic acid groups (broad SMARTS) is 3. The summed E-state index contributed by atoms with van der Waals surface area (Å²) >= 11 is 0. The van der Waals surface area contributed by atoms with Crippen molar-refractivity contribution in [1.82, 2.24) is 0 Å². The third-order valence-corrected chi connectivity index (χ3v) is 1.22. The normalized spacial score (nSPS) is 7.45. The lowest BCUT2D eigenvalue weighted by molar-refractivity contribution is -0.133. The minimum absolute atomic E-state index is 0.0938. The maximum absolute atomic E-state index is 9.60. The second-order valence-electron chi connectivity index (χ2n) is 3.51. The van der Waals surface area contributed by atoms with Crippen molar-refractivity contribution in [3.05, 3.63) is 37.0 Å². The molecule has 5 N–H and O–H groups in total. The Hall–Kier alpha value is -2.45. The fraction of sp³-hybridized carbons (Fsp3) is 0.357. The van der Waals surface area contributed by atoms with Crippen LogP contribution in [0.15, 0.2) is 37.0 Å². The SMILES string of the molecule is C=C(C)C(=O)O.C=C(C)C(=O)O.C=CC(=O)O.OCCCO. The summed E-state index contributed by atoms with van der Waals surface area (Å²) in [6.07, 6.45) is 1.33. The number of carbonyl (C=O) groups is 3. The van der Waals surface area contributed by atoms with Gasteiger partial charge in [-0.05, 0) is 20.3 Å². The van der Waals surface area contributed by atoms with Gasteiger partial charge in [0.05, 0.1) is 0 Å². The summed E-state index contributed by atoms with van der Waals surface area (Å²) in [6, 6.07) is 0. The Labute approximate surface area is 129 Å². The highest BCUT2D eigenvalue weighted by Gasteiger charge is 1.90. The largest absolute Gasteiger partial charge is 0.478 e. The Morgan fingerprint density at radius 2 is 1.05 bits per heavy atom. The Morgan fingerprint density at radius 3 is 1.05 bits per heavy atom. The minimum atomic E-state index is -0.981. The van der Waals surface area contributed by atoms with Gasteiger partial charge in [0, 0.05) is 30.4 Å². The summed E-state index contributed by atoms with van der Waals surface area (Å²) in [5.41, 5.74) is 0.352. The molecule has 0 saturated carbocycles. The molecule has 0 amide bonds. The van der Waals surface area contributed by atoms with E-state index in [0.717, 1.165) is 6.08 Å². The molecule has 0 aromatic rings. The minimum Gasteiger partial charge on any atom is -0.478 e. The number of aliphatic hydroxyl groups excluding tert-OH is 2. The van der Waals surface area contributed by atoms with Gasteiger partial charge < -0.3 is 25.5 Å². The van der Waals surface area contributed by atoms with Crippen molar-refractivity contribution in [2.24, 2.45) is 0 Å². The molecule has 0 fully saturated rings. The average molecular weight is 320 g/mol. The molecule has 8 heteroatoms.